The average molecular weight is 127 g/mol. The summed E-state index contributed by atoms with van der Waals surface area (Å²) in [5, 5.41) is 0. The van der Waals surface area contributed by atoms with E-state index in [1.807, 2.05) is 30.8 Å². The Hall–Kier alpha value is -0.370. The second kappa shape index (κ2) is 1.86. The molecule has 0 saturated heterocycles. The quantitative estimate of drug-likeness (QED) is 0.505. The Morgan fingerprint density at radius 1 is 1.62 bits per heavy atom. The molecule has 0 radical (unpaired) electrons. The summed E-state index contributed by atoms with van der Waals surface area (Å²) in [7, 11) is 2.01. The van der Waals surface area contributed by atoms with Crippen LogP contribution >= 0.6 is 12.6 Å². The van der Waals surface area contributed by atoms with Crippen LogP contribution in [0.3, 0.4) is 0 Å². The average Bonchev–Trinajstić information content (AvgIpc) is 1.98. The van der Waals surface area contributed by atoms with E-state index in [9.17, 15) is 0 Å². The zero-order chi connectivity index (χ0) is 6.15. The van der Waals surface area contributed by atoms with Gasteiger partial charge in [0.2, 0.25) is 0 Å². The van der Waals surface area contributed by atoms with Crippen molar-refractivity contribution in [1.29, 1.82) is 0 Å². The monoisotopic (exact) mass is 127 g/mol. The van der Waals surface area contributed by atoms with Crippen LogP contribution in [0.2, 0.25) is 0 Å². The highest BCUT2D eigenvalue weighted by molar-refractivity contribution is 7.80. The number of hydrogen-bond donors (Lipinski definition) is 1. The number of thiol groups is 1. The Balaban J connectivity index is 3.19. The predicted molar refractivity (Wildman–Crippen MR) is 37.4 cm³/mol. The molecule has 2 heteroatoms. The summed E-state index contributed by atoms with van der Waals surface area (Å²) in [5.74, 6) is 0. The van der Waals surface area contributed by atoms with Crippen LogP contribution in [0.15, 0.2) is 17.2 Å². The standard InChI is InChI=1S/C6H9NS/c1-5-6(8)3-4-7(5)2/h3-4,8H,1-2H3. The van der Waals surface area contributed by atoms with E-state index in [2.05, 4.69) is 12.6 Å². The molecule has 0 bridgehead atoms. The highest BCUT2D eigenvalue weighted by atomic mass is 32.1. The van der Waals surface area contributed by atoms with Gasteiger partial charge in [0.25, 0.3) is 0 Å². The van der Waals surface area contributed by atoms with Crippen molar-refractivity contribution in [3.63, 3.8) is 0 Å². The normalized spacial score (nSPS) is 9.88. The van der Waals surface area contributed by atoms with Gasteiger partial charge in [0.1, 0.15) is 0 Å². The van der Waals surface area contributed by atoms with Gasteiger partial charge in [0.15, 0.2) is 0 Å². The third-order valence-electron chi connectivity index (χ3n) is 1.36. The smallest absolute Gasteiger partial charge is 0.0274 e. The van der Waals surface area contributed by atoms with Gasteiger partial charge in [0, 0.05) is 23.8 Å². The van der Waals surface area contributed by atoms with Gasteiger partial charge in [-0.2, -0.15) is 0 Å². The maximum Gasteiger partial charge on any atom is 0.0274 e. The lowest BCUT2D eigenvalue weighted by Gasteiger charge is -1.92. The van der Waals surface area contributed by atoms with Crippen molar-refractivity contribution in [1.82, 2.24) is 4.57 Å². The molecule has 0 aliphatic rings. The second-order valence-electron chi connectivity index (χ2n) is 1.90. The first-order chi connectivity index (χ1) is 3.72. The van der Waals surface area contributed by atoms with Gasteiger partial charge in [-0.3, -0.25) is 0 Å². The highest BCUT2D eigenvalue weighted by Crippen LogP contribution is 2.11. The minimum atomic E-state index is 1.06. The maximum atomic E-state index is 4.20. The molecule has 0 aromatic carbocycles. The van der Waals surface area contributed by atoms with Crippen LogP contribution in [0.4, 0.5) is 0 Å². The predicted octanol–water partition coefficient (Wildman–Crippen LogP) is 1.62. The Morgan fingerprint density at radius 3 is 2.38 bits per heavy atom. The zero-order valence-electron chi connectivity index (χ0n) is 5.05. The van der Waals surface area contributed by atoms with Gasteiger partial charge >= 0.3 is 0 Å². The van der Waals surface area contributed by atoms with E-state index in [1.165, 1.54) is 5.69 Å². The maximum absolute atomic E-state index is 4.20. The summed E-state index contributed by atoms with van der Waals surface area (Å²) in [4.78, 5) is 1.06. The molecule has 0 spiro atoms. The van der Waals surface area contributed by atoms with Crippen molar-refractivity contribution in [2.24, 2.45) is 7.05 Å². The number of nitrogens with zero attached hydrogens (tertiary/aromatic N) is 1. The summed E-state index contributed by atoms with van der Waals surface area (Å²) in [6, 6.07) is 1.98. The topological polar surface area (TPSA) is 4.93 Å². The molecule has 1 aromatic heterocycles. The molecule has 0 aliphatic carbocycles. The first-order valence-electron chi connectivity index (χ1n) is 2.52. The Labute approximate surface area is 54.7 Å². The zero-order valence-corrected chi connectivity index (χ0v) is 5.94. The molecule has 0 atom stereocenters. The Morgan fingerprint density at radius 2 is 2.25 bits per heavy atom. The molecule has 0 saturated carbocycles. The van der Waals surface area contributed by atoms with E-state index >= 15 is 0 Å². The third-order valence-corrected chi connectivity index (χ3v) is 1.83. The molecule has 1 aromatic rings. The van der Waals surface area contributed by atoms with E-state index in [4.69, 9.17) is 0 Å². The Kier molecular flexibility index (Phi) is 1.34. The molecule has 8 heavy (non-hydrogen) atoms. The van der Waals surface area contributed by atoms with Crippen LogP contribution in [0.25, 0.3) is 0 Å². The molecule has 1 heterocycles. The van der Waals surface area contributed by atoms with E-state index in [0.717, 1.165) is 4.90 Å². The van der Waals surface area contributed by atoms with Gasteiger partial charge < -0.3 is 4.57 Å². The molecule has 0 fully saturated rings. The van der Waals surface area contributed by atoms with Crippen molar-refractivity contribution < 1.29 is 0 Å². The van der Waals surface area contributed by atoms with E-state index in [1.54, 1.807) is 0 Å². The van der Waals surface area contributed by atoms with Crippen molar-refractivity contribution >= 4 is 12.6 Å². The molecular formula is C6H9NS. The van der Waals surface area contributed by atoms with Crippen LogP contribution in [-0.2, 0) is 7.05 Å². The van der Waals surface area contributed by atoms with E-state index in [0.29, 0.717) is 0 Å². The van der Waals surface area contributed by atoms with Gasteiger partial charge in [-0.15, -0.1) is 12.6 Å². The van der Waals surface area contributed by atoms with Crippen molar-refractivity contribution in [3.05, 3.63) is 18.0 Å². The molecule has 0 unspecified atom stereocenters. The summed E-state index contributed by atoms with van der Waals surface area (Å²) < 4.78 is 2.04. The molecule has 0 aliphatic heterocycles. The van der Waals surface area contributed by atoms with E-state index in [-0.39, 0.29) is 0 Å². The number of hydrogen-bond acceptors (Lipinski definition) is 1. The van der Waals surface area contributed by atoms with Crippen LogP contribution in [-0.4, -0.2) is 4.57 Å². The largest absolute Gasteiger partial charge is 0.354 e. The van der Waals surface area contributed by atoms with Crippen LogP contribution in [0.1, 0.15) is 5.69 Å². The fraction of sp³-hybridized carbons (Fsp3) is 0.333. The second-order valence-corrected chi connectivity index (χ2v) is 2.38. The third kappa shape index (κ3) is 0.757. The van der Waals surface area contributed by atoms with Gasteiger partial charge in [0.05, 0.1) is 0 Å². The lowest BCUT2D eigenvalue weighted by atomic mass is 10.5. The Bertz CT molecular complexity index is 171. The number of rotatable bonds is 0. The first kappa shape index (κ1) is 5.76. The fourth-order valence-corrected chi connectivity index (χ4v) is 0.820. The lowest BCUT2D eigenvalue weighted by Crippen LogP contribution is -1.86. The molecule has 0 amide bonds. The van der Waals surface area contributed by atoms with Crippen molar-refractivity contribution in [3.8, 4) is 0 Å². The molecule has 1 nitrogen and oxygen atoms in total. The SMILES string of the molecule is Cc1c(S)ccn1C. The summed E-state index contributed by atoms with van der Waals surface area (Å²) in [5.41, 5.74) is 1.22. The van der Waals surface area contributed by atoms with Crippen molar-refractivity contribution in [2.45, 2.75) is 11.8 Å². The fourth-order valence-electron chi connectivity index (χ4n) is 0.595. The summed E-state index contributed by atoms with van der Waals surface area (Å²) >= 11 is 4.20. The number of aromatic nitrogens is 1. The van der Waals surface area contributed by atoms with Gasteiger partial charge in [-0.05, 0) is 13.0 Å². The van der Waals surface area contributed by atoms with Crippen LogP contribution < -0.4 is 0 Å². The minimum absolute atomic E-state index is 1.06. The molecular weight excluding hydrogens is 118 g/mol. The first-order valence-corrected chi connectivity index (χ1v) is 2.97. The molecule has 44 valence electrons. The van der Waals surface area contributed by atoms with Gasteiger partial charge in [-0.1, -0.05) is 0 Å². The molecule has 0 N–H and O–H groups in total. The number of aryl methyl sites for hydroxylation is 1. The van der Waals surface area contributed by atoms with E-state index < -0.39 is 0 Å². The van der Waals surface area contributed by atoms with Crippen LogP contribution in [0.5, 0.6) is 0 Å². The lowest BCUT2D eigenvalue weighted by molar-refractivity contribution is 0.870. The van der Waals surface area contributed by atoms with Crippen LogP contribution in [0, 0.1) is 6.92 Å². The minimum Gasteiger partial charge on any atom is -0.354 e. The highest BCUT2D eigenvalue weighted by Gasteiger charge is 1.93. The molecule has 1 rings (SSSR count). The van der Waals surface area contributed by atoms with Crippen molar-refractivity contribution in [2.75, 3.05) is 0 Å². The summed E-state index contributed by atoms with van der Waals surface area (Å²) in [6.45, 7) is 2.04. The van der Waals surface area contributed by atoms with Gasteiger partial charge in [-0.25, -0.2) is 0 Å². The summed E-state index contributed by atoms with van der Waals surface area (Å²) in [6.07, 6.45) is 2.00.